The molecule has 266 valence electrons. The van der Waals surface area contributed by atoms with Crippen molar-refractivity contribution < 1.29 is 0 Å². The summed E-state index contributed by atoms with van der Waals surface area (Å²) in [5, 5.41) is 11.6. The first kappa shape index (κ1) is 31.7. The van der Waals surface area contributed by atoms with E-state index in [1.165, 1.54) is 154 Å². The number of hydrogen-bond donors (Lipinski definition) is 0. The predicted molar refractivity (Wildman–Crippen MR) is 236 cm³/mol. The van der Waals surface area contributed by atoms with Crippen molar-refractivity contribution in [1.29, 1.82) is 0 Å². The number of thiophene rings is 2. The first-order chi connectivity index (χ1) is 26.7. The van der Waals surface area contributed by atoms with Crippen LogP contribution in [0.25, 0.3) is 84.0 Å². The molecule has 0 saturated heterocycles. The summed E-state index contributed by atoms with van der Waals surface area (Å²) < 4.78 is 10.9. The quantitative estimate of drug-likeness (QED) is 0.170. The standard InChI is InChI=1S/C50H44N2S2/c1-51-39-21-11-8-18-33(39)47-41(51)25-24-36-45-37(31-14-4-2-5-15-31)26-30(27-44(45)54-49(36)47)29-52-40-22-12-9-19-34(40)48-42(52)28-38(32-16-6-3-7-17-32)46-35-20-10-13-23-43(35)53-50(46)48/h8-13,18-28,31-32H,2-7,14-17,29H2,1H3. The maximum absolute atomic E-state index is 2.70. The van der Waals surface area contributed by atoms with Crippen LogP contribution in [0.4, 0.5) is 0 Å². The number of rotatable bonds is 4. The third-order valence-corrected chi connectivity index (χ3v) is 15.9. The zero-order valence-corrected chi connectivity index (χ0v) is 32.6. The molecule has 0 spiro atoms. The fraction of sp³-hybridized carbons (Fsp3) is 0.280. The van der Waals surface area contributed by atoms with E-state index in [4.69, 9.17) is 0 Å². The summed E-state index contributed by atoms with van der Waals surface area (Å²) in [6.07, 6.45) is 13.3. The zero-order valence-electron chi connectivity index (χ0n) is 31.0. The van der Waals surface area contributed by atoms with Gasteiger partial charge in [-0.3, -0.25) is 0 Å². The summed E-state index contributed by atoms with van der Waals surface area (Å²) in [6.45, 7) is 0.887. The summed E-state index contributed by atoms with van der Waals surface area (Å²) >= 11 is 4.06. The van der Waals surface area contributed by atoms with Gasteiger partial charge in [-0.2, -0.15) is 0 Å². The minimum Gasteiger partial charge on any atom is -0.344 e. The van der Waals surface area contributed by atoms with E-state index >= 15 is 0 Å². The molecule has 0 atom stereocenters. The Morgan fingerprint density at radius 1 is 0.481 bits per heavy atom. The van der Waals surface area contributed by atoms with E-state index in [1.807, 2.05) is 22.7 Å². The molecule has 2 nitrogen and oxygen atoms in total. The van der Waals surface area contributed by atoms with Crippen molar-refractivity contribution in [3.05, 3.63) is 120 Å². The second kappa shape index (κ2) is 12.2. The van der Waals surface area contributed by atoms with Gasteiger partial charge in [-0.05, 0) is 90.6 Å². The fourth-order valence-electron chi connectivity index (χ4n) is 11.1. The van der Waals surface area contributed by atoms with E-state index in [2.05, 4.69) is 119 Å². The van der Waals surface area contributed by atoms with Gasteiger partial charge >= 0.3 is 0 Å². The Bertz CT molecular complexity index is 3120. The van der Waals surface area contributed by atoms with Gasteiger partial charge in [0.05, 0.1) is 11.0 Å². The van der Waals surface area contributed by atoms with E-state index in [0.29, 0.717) is 11.8 Å². The molecular formula is C50H44N2S2. The van der Waals surface area contributed by atoms with Crippen LogP contribution < -0.4 is 0 Å². The molecular weight excluding hydrogens is 693 g/mol. The molecule has 12 rings (SSSR count). The molecule has 2 aliphatic rings. The van der Waals surface area contributed by atoms with Gasteiger partial charge in [0.2, 0.25) is 0 Å². The van der Waals surface area contributed by atoms with Crippen molar-refractivity contribution in [2.75, 3.05) is 0 Å². The van der Waals surface area contributed by atoms with Crippen molar-refractivity contribution in [3.8, 4) is 0 Å². The van der Waals surface area contributed by atoms with Crippen LogP contribution in [0.1, 0.15) is 92.7 Å². The summed E-state index contributed by atoms with van der Waals surface area (Å²) in [4.78, 5) is 0. The minimum atomic E-state index is 0.622. The molecule has 0 unspecified atom stereocenters. The monoisotopic (exact) mass is 736 g/mol. The number of fused-ring (bicyclic) bond motifs is 14. The largest absolute Gasteiger partial charge is 0.344 e. The maximum atomic E-state index is 2.70. The van der Waals surface area contributed by atoms with Crippen molar-refractivity contribution >= 4 is 107 Å². The fourth-order valence-corrected chi connectivity index (χ4v) is 13.7. The smallest absolute Gasteiger partial charge is 0.0512 e. The Balaban J connectivity index is 1.12. The number of para-hydroxylation sites is 2. The Labute approximate surface area is 323 Å². The van der Waals surface area contributed by atoms with Crippen molar-refractivity contribution in [3.63, 3.8) is 0 Å². The molecule has 4 heterocycles. The number of benzene rings is 6. The molecule has 4 aromatic heterocycles. The third-order valence-electron chi connectivity index (χ3n) is 13.6. The molecule has 4 heteroatoms. The van der Waals surface area contributed by atoms with Crippen LogP contribution in [-0.2, 0) is 13.6 Å². The highest BCUT2D eigenvalue weighted by molar-refractivity contribution is 7.27. The topological polar surface area (TPSA) is 9.86 Å². The van der Waals surface area contributed by atoms with Crippen LogP contribution in [-0.4, -0.2) is 9.13 Å². The van der Waals surface area contributed by atoms with Crippen molar-refractivity contribution in [2.24, 2.45) is 7.05 Å². The zero-order chi connectivity index (χ0) is 35.5. The lowest BCUT2D eigenvalue weighted by Crippen LogP contribution is -2.07. The Hall–Kier alpha value is -4.64. The van der Waals surface area contributed by atoms with E-state index < -0.39 is 0 Å². The molecule has 0 bridgehead atoms. The average molecular weight is 737 g/mol. The van der Waals surface area contributed by atoms with E-state index in [0.717, 1.165) is 6.54 Å². The van der Waals surface area contributed by atoms with Crippen LogP contribution in [0.5, 0.6) is 0 Å². The lowest BCUT2D eigenvalue weighted by molar-refractivity contribution is 0.445. The first-order valence-electron chi connectivity index (χ1n) is 20.4. The van der Waals surface area contributed by atoms with Gasteiger partial charge in [0.15, 0.2) is 0 Å². The highest BCUT2D eigenvalue weighted by atomic mass is 32.1. The van der Waals surface area contributed by atoms with Crippen LogP contribution >= 0.6 is 22.7 Å². The van der Waals surface area contributed by atoms with Gasteiger partial charge in [-0.1, -0.05) is 105 Å². The predicted octanol–water partition coefficient (Wildman–Crippen LogP) is 15.3. The second-order valence-corrected chi connectivity index (χ2v) is 18.6. The maximum Gasteiger partial charge on any atom is 0.0512 e. The third kappa shape index (κ3) is 4.56. The molecule has 10 aromatic rings. The van der Waals surface area contributed by atoms with Crippen LogP contribution in [0.15, 0.2) is 103 Å². The second-order valence-electron chi connectivity index (χ2n) is 16.5. The van der Waals surface area contributed by atoms with E-state index in [9.17, 15) is 0 Å². The van der Waals surface area contributed by atoms with Gasteiger partial charge in [0.1, 0.15) is 0 Å². The number of aryl methyl sites for hydroxylation is 1. The van der Waals surface area contributed by atoms with E-state index in [1.54, 1.807) is 11.1 Å². The molecule has 0 radical (unpaired) electrons. The Morgan fingerprint density at radius 2 is 1.09 bits per heavy atom. The summed E-state index contributed by atoms with van der Waals surface area (Å²) in [6, 6.07) is 40.1. The van der Waals surface area contributed by atoms with Crippen LogP contribution in [0.2, 0.25) is 0 Å². The number of aromatic nitrogens is 2. The number of nitrogens with zero attached hydrogens (tertiary/aromatic N) is 2. The van der Waals surface area contributed by atoms with Gasteiger partial charge in [0.25, 0.3) is 0 Å². The van der Waals surface area contributed by atoms with E-state index in [-0.39, 0.29) is 0 Å². The first-order valence-corrected chi connectivity index (χ1v) is 22.0. The molecule has 2 aliphatic carbocycles. The number of hydrogen-bond acceptors (Lipinski definition) is 2. The van der Waals surface area contributed by atoms with Crippen LogP contribution in [0.3, 0.4) is 0 Å². The van der Waals surface area contributed by atoms with Crippen molar-refractivity contribution in [1.82, 2.24) is 9.13 Å². The summed E-state index contributed by atoms with van der Waals surface area (Å²) in [5.41, 5.74) is 10.1. The van der Waals surface area contributed by atoms with Gasteiger partial charge in [0, 0.05) is 86.5 Å². The highest BCUT2D eigenvalue weighted by Gasteiger charge is 2.26. The SMILES string of the molecule is Cn1c2ccccc2c2c3sc4cc(Cn5c6ccccc6c6c7sc8ccccc8c7c(C7CCCCC7)cc65)cc(C5CCCCC5)c4c3ccc21. The molecule has 0 aliphatic heterocycles. The van der Waals surface area contributed by atoms with Gasteiger partial charge in [-0.25, -0.2) is 0 Å². The van der Waals surface area contributed by atoms with Crippen LogP contribution in [0, 0.1) is 0 Å². The van der Waals surface area contributed by atoms with Crippen molar-refractivity contribution in [2.45, 2.75) is 82.6 Å². The summed E-state index contributed by atoms with van der Waals surface area (Å²) in [7, 11) is 2.23. The molecule has 0 N–H and O–H groups in total. The average Bonchev–Trinajstić information content (AvgIpc) is 3.96. The summed E-state index contributed by atoms with van der Waals surface area (Å²) in [5.74, 6) is 1.25. The normalized spacial score (nSPS) is 16.5. The molecule has 54 heavy (non-hydrogen) atoms. The molecule has 2 saturated carbocycles. The Kier molecular flexibility index (Phi) is 7.15. The van der Waals surface area contributed by atoms with Gasteiger partial charge in [-0.15, -0.1) is 22.7 Å². The lowest BCUT2D eigenvalue weighted by Gasteiger charge is -2.24. The molecule has 6 aromatic carbocycles. The lowest BCUT2D eigenvalue weighted by atomic mass is 9.81. The Morgan fingerprint density at radius 3 is 1.85 bits per heavy atom. The molecule has 0 amide bonds. The molecule has 2 fully saturated rings. The minimum absolute atomic E-state index is 0.622. The highest BCUT2D eigenvalue weighted by Crippen LogP contribution is 2.50. The van der Waals surface area contributed by atoms with Gasteiger partial charge < -0.3 is 9.13 Å².